The number of hydrogen-bond donors (Lipinski definition) is 2. The summed E-state index contributed by atoms with van der Waals surface area (Å²) >= 11 is 2.78. The molecule has 1 aliphatic heterocycles. The van der Waals surface area contributed by atoms with Crippen molar-refractivity contribution in [3.05, 3.63) is 28.2 Å². The number of carbonyl (C=O) groups excluding carboxylic acids is 4. The van der Waals surface area contributed by atoms with Crippen LogP contribution in [0.1, 0.15) is 85.4 Å². The molecule has 0 bridgehead atoms. The second-order valence-electron chi connectivity index (χ2n) is 11.3. The molecule has 0 saturated carbocycles. The van der Waals surface area contributed by atoms with E-state index in [1.165, 1.54) is 30.0 Å². The molecule has 2 rings (SSSR count). The maximum atomic E-state index is 13.3. The van der Waals surface area contributed by atoms with Crippen LogP contribution in [0.3, 0.4) is 0 Å². The van der Waals surface area contributed by atoms with E-state index in [9.17, 15) is 19.2 Å². The topological polar surface area (TPSA) is 136 Å². The molecular weight excluding hydrogens is 552 g/mol. The Hall–Kier alpha value is -2.73. The van der Waals surface area contributed by atoms with Crippen LogP contribution >= 0.6 is 23.1 Å². The third-order valence-corrected chi connectivity index (χ3v) is 7.78. The number of ketones is 1. The zero-order valence-corrected chi connectivity index (χ0v) is 26.3. The number of thioether (sulfide) groups is 1. The van der Waals surface area contributed by atoms with Crippen molar-refractivity contribution in [3.8, 4) is 0 Å². The Morgan fingerprint density at radius 1 is 1.23 bits per heavy atom. The van der Waals surface area contributed by atoms with E-state index in [1.54, 1.807) is 33.8 Å². The summed E-state index contributed by atoms with van der Waals surface area (Å²) in [7, 11) is 0. The van der Waals surface area contributed by atoms with Gasteiger partial charge in [-0.25, -0.2) is 14.6 Å². The number of allylic oxidation sites excluding steroid dienone is 1. The number of rotatable bonds is 13. The molecule has 40 heavy (non-hydrogen) atoms. The third kappa shape index (κ3) is 10.7. The van der Waals surface area contributed by atoms with Gasteiger partial charge in [-0.1, -0.05) is 33.3 Å². The van der Waals surface area contributed by atoms with Crippen LogP contribution < -0.4 is 10.6 Å². The average Bonchev–Trinajstić information content (AvgIpc) is 3.47. The van der Waals surface area contributed by atoms with Gasteiger partial charge >= 0.3 is 12.1 Å². The molecule has 10 nitrogen and oxygen atoms in total. The number of alkyl carbamates (subject to hydrolysis) is 1. The average molecular weight is 595 g/mol. The van der Waals surface area contributed by atoms with Crippen LogP contribution in [-0.2, 0) is 30.4 Å². The molecule has 2 heterocycles. The predicted molar refractivity (Wildman–Crippen MR) is 159 cm³/mol. The van der Waals surface area contributed by atoms with Gasteiger partial charge in [0, 0.05) is 17.6 Å². The lowest BCUT2D eigenvalue weighted by Crippen LogP contribution is -2.53. The van der Waals surface area contributed by atoms with Gasteiger partial charge in [0.2, 0.25) is 5.91 Å². The van der Waals surface area contributed by atoms with Crippen LogP contribution in [0.5, 0.6) is 0 Å². The number of aliphatic imine (C=N–C) groups is 1. The Labute approximate surface area is 245 Å². The highest BCUT2D eigenvalue weighted by Crippen LogP contribution is 2.32. The zero-order chi connectivity index (χ0) is 30.1. The van der Waals surface area contributed by atoms with Crippen molar-refractivity contribution in [1.29, 1.82) is 0 Å². The fourth-order valence-electron chi connectivity index (χ4n) is 3.56. The minimum atomic E-state index is -1.11. The summed E-state index contributed by atoms with van der Waals surface area (Å²) in [4.78, 5) is 59.2. The van der Waals surface area contributed by atoms with Crippen LogP contribution in [0.4, 0.5) is 4.79 Å². The van der Waals surface area contributed by atoms with Gasteiger partial charge in [-0.15, -0.1) is 23.1 Å². The second kappa shape index (κ2) is 14.8. The molecule has 3 atom stereocenters. The van der Waals surface area contributed by atoms with Gasteiger partial charge < -0.3 is 20.1 Å². The first-order chi connectivity index (χ1) is 18.6. The zero-order valence-electron chi connectivity index (χ0n) is 24.7. The predicted octanol–water partition coefficient (Wildman–Crippen LogP) is 4.81. The number of thiazole rings is 1. The van der Waals surface area contributed by atoms with Crippen molar-refractivity contribution in [2.24, 2.45) is 10.9 Å². The first-order valence-corrected chi connectivity index (χ1v) is 15.3. The van der Waals surface area contributed by atoms with Crippen molar-refractivity contribution >= 4 is 51.9 Å². The van der Waals surface area contributed by atoms with Gasteiger partial charge in [0.25, 0.3) is 0 Å². The smallest absolute Gasteiger partial charge is 0.408 e. The summed E-state index contributed by atoms with van der Waals surface area (Å²) in [6.45, 7) is 14.4. The Bertz CT molecular complexity index is 1120. The molecule has 2 amide bonds. The van der Waals surface area contributed by atoms with E-state index in [-0.39, 0.29) is 24.7 Å². The first kappa shape index (κ1) is 33.5. The van der Waals surface area contributed by atoms with Crippen molar-refractivity contribution in [2.75, 3.05) is 5.75 Å². The van der Waals surface area contributed by atoms with E-state index < -0.39 is 41.3 Å². The third-order valence-electron chi connectivity index (χ3n) is 5.65. The first-order valence-electron chi connectivity index (χ1n) is 13.5. The Balaban J connectivity index is 2.07. The van der Waals surface area contributed by atoms with Gasteiger partial charge in [0.05, 0.1) is 6.54 Å². The van der Waals surface area contributed by atoms with Crippen LogP contribution in [0.15, 0.2) is 22.5 Å². The number of ether oxygens (including phenoxy) is 2. The summed E-state index contributed by atoms with van der Waals surface area (Å²) in [6.07, 6.45) is 4.26. The highest BCUT2D eigenvalue weighted by molar-refractivity contribution is 8.14. The monoisotopic (exact) mass is 594 g/mol. The number of nitrogens with zero attached hydrogens (tertiary/aromatic N) is 2. The van der Waals surface area contributed by atoms with E-state index in [2.05, 4.69) is 20.6 Å². The maximum absolute atomic E-state index is 13.3. The lowest BCUT2D eigenvalue weighted by molar-refractivity contribution is -0.153. The van der Waals surface area contributed by atoms with Crippen LogP contribution in [0.2, 0.25) is 0 Å². The molecule has 1 aliphatic rings. The number of hydrogen-bond acceptors (Lipinski definition) is 10. The Kier molecular flexibility index (Phi) is 12.4. The SMILES string of the molecule is CCC/C=C/C(CC(C)=O)OC(=O)[C@@H](NC(=O)[C@]1(C)CSC(c2csc(CNC(=O)OC(C)(C)C)n2)=N1)C(C)C. The number of nitrogens with one attached hydrogen (secondary N) is 2. The molecular formula is C28H42N4O6S2. The quantitative estimate of drug-likeness (QED) is 0.245. The van der Waals surface area contributed by atoms with Gasteiger partial charge in [-0.05, 0) is 53.0 Å². The number of unbranched alkanes of at least 4 members (excludes halogenated alkanes) is 1. The summed E-state index contributed by atoms with van der Waals surface area (Å²) in [5.74, 6) is -0.932. The van der Waals surface area contributed by atoms with E-state index in [4.69, 9.17) is 9.47 Å². The molecule has 2 N–H and O–H groups in total. The Morgan fingerprint density at radius 2 is 1.93 bits per heavy atom. The molecule has 222 valence electrons. The normalized spacial score (nSPS) is 18.8. The van der Waals surface area contributed by atoms with Gasteiger partial charge in [-0.3, -0.25) is 14.6 Å². The molecule has 0 fully saturated rings. The highest BCUT2D eigenvalue weighted by Gasteiger charge is 2.41. The van der Waals surface area contributed by atoms with E-state index >= 15 is 0 Å². The molecule has 0 radical (unpaired) electrons. The van der Waals surface area contributed by atoms with Crippen LogP contribution in [0, 0.1) is 5.92 Å². The fraction of sp³-hybridized carbons (Fsp3) is 0.643. The van der Waals surface area contributed by atoms with Gasteiger partial charge in [0.15, 0.2) is 0 Å². The number of amides is 2. The summed E-state index contributed by atoms with van der Waals surface area (Å²) in [5, 5.41) is 8.64. The van der Waals surface area contributed by atoms with Gasteiger partial charge in [-0.2, -0.15) is 0 Å². The van der Waals surface area contributed by atoms with Crippen LogP contribution in [0.25, 0.3) is 0 Å². The Morgan fingerprint density at radius 3 is 2.52 bits per heavy atom. The van der Waals surface area contributed by atoms with Crippen LogP contribution in [-0.4, -0.2) is 62.8 Å². The number of esters is 1. The summed E-state index contributed by atoms with van der Waals surface area (Å²) < 4.78 is 10.9. The number of carbonyl (C=O) groups is 4. The van der Waals surface area contributed by atoms with Crippen molar-refractivity contribution < 1.29 is 28.7 Å². The summed E-state index contributed by atoms with van der Waals surface area (Å²) in [5.41, 5.74) is -1.07. The minimum absolute atomic E-state index is 0.0790. The number of aromatic nitrogens is 1. The van der Waals surface area contributed by atoms with E-state index in [0.717, 1.165) is 12.8 Å². The van der Waals surface area contributed by atoms with Gasteiger partial charge in [0.1, 0.15) is 44.8 Å². The standard InChI is InChI=1S/C28H42N4O6S2/c1-9-10-11-12-19(13-18(4)33)37-24(34)22(17(2)3)31-25(35)28(8)16-40-23(32-28)20-15-39-21(30-20)14-29-26(36)38-27(5,6)7/h11-12,15,17,19,22H,9-10,13-14,16H2,1-8H3,(H,29,36)(H,31,35)/b12-11+/t19?,22-,28-/m0/s1. The van der Waals surface area contributed by atoms with E-state index in [0.29, 0.717) is 21.5 Å². The maximum Gasteiger partial charge on any atom is 0.408 e. The molecule has 0 saturated heterocycles. The fourth-order valence-corrected chi connectivity index (χ4v) is 5.49. The molecule has 1 unspecified atom stereocenters. The second-order valence-corrected chi connectivity index (χ2v) is 13.2. The molecule has 12 heteroatoms. The molecule has 0 aromatic carbocycles. The van der Waals surface area contributed by atoms with Crippen molar-refractivity contribution in [1.82, 2.24) is 15.6 Å². The minimum Gasteiger partial charge on any atom is -0.456 e. The highest BCUT2D eigenvalue weighted by atomic mass is 32.2. The largest absolute Gasteiger partial charge is 0.456 e. The molecule has 1 aromatic heterocycles. The lowest BCUT2D eigenvalue weighted by atomic mass is 10.0. The lowest BCUT2D eigenvalue weighted by Gasteiger charge is -2.27. The molecule has 1 aromatic rings. The van der Waals surface area contributed by atoms with E-state index in [1.807, 2.05) is 32.2 Å². The van der Waals surface area contributed by atoms with Crippen molar-refractivity contribution in [2.45, 2.75) is 104 Å². The number of Topliss-reactive ketones (excluding diaryl/α,β-unsaturated/α-hetero) is 1. The van der Waals surface area contributed by atoms with Crippen molar-refractivity contribution in [3.63, 3.8) is 0 Å². The molecule has 0 spiro atoms. The summed E-state index contributed by atoms with van der Waals surface area (Å²) in [6, 6.07) is -0.896. The molecule has 0 aliphatic carbocycles.